The SMILES string of the molecule is O[C@@H]1CCN(c2cc(C3CC3c3cnc(-c4ncccn4)nc3)ccc2F)C1. The van der Waals surface area contributed by atoms with Crippen LogP contribution in [0, 0.1) is 5.82 Å². The van der Waals surface area contributed by atoms with Crippen LogP contribution < -0.4 is 4.90 Å². The number of nitrogens with zero attached hydrogens (tertiary/aromatic N) is 5. The van der Waals surface area contributed by atoms with E-state index in [1.54, 1.807) is 18.5 Å². The van der Waals surface area contributed by atoms with Crippen LogP contribution in [-0.2, 0) is 0 Å². The van der Waals surface area contributed by atoms with Crippen LogP contribution in [0.1, 0.15) is 35.8 Å². The minimum atomic E-state index is -0.374. The van der Waals surface area contributed by atoms with E-state index < -0.39 is 0 Å². The van der Waals surface area contributed by atoms with E-state index in [0.717, 1.165) is 17.5 Å². The van der Waals surface area contributed by atoms with Gasteiger partial charge in [0.25, 0.3) is 0 Å². The molecule has 2 aromatic heterocycles. The number of anilines is 1. The lowest BCUT2D eigenvalue weighted by atomic mass is 10.1. The number of β-amino-alcohol motifs (C(OH)–C–C–N with tert-alkyl or cyclic N) is 1. The first-order valence-electron chi connectivity index (χ1n) is 9.51. The molecule has 5 rings (SSSR count). The van der Waals surface area contributed by atoms with Crippen molar-refractivity contribution in [3.63, 3.8) is 0 Å². The van der Waals surface area contributed by atoms with Crippen LogP contribution in [0.5, 0.6) is 0 Å². The zero-order valence-corrected chi connectivity index (χ0v) is 15.2. The van der Waals surface area contributed by atoms with Gasteiger partial charge in [-0.15, -0.1) is 0 Å². The summed E-state index contributed by atoms with van der Waals surface area (Å²) in [5, 5.41) is 9.75. The molecule has 0 spiro atoms. The average Bonchev–Trinajstić information content (AvgIpc) is 3.42. The molecule has 2 aliphatic rings. The molecule has 2 unspecified atom stereocenters. The fourth-order valence-corrected chi connectivity index (χ4v) is 3.95. The quantitative estimate of drug-likeness (QED) is 0.754. The smallest absolute Gasteiger partial charge is 0.197 e. The number of benzene rings is 1. The van der Waals surface area contributed by atoms with E-state index in [-0.39, 0.29) is 11.9 Å². The number of aromatic nitrogens is 4. The second-order valence-corrected chi connectivity index (χ2v) is 7.46. The van der Waals surface area contributed by atoms with Gasteiger partial charge in [-0.3, -0.25) is 0 Å². The van der Waals surface area contributed by atoms with E-state index in [2.05, 4.69) is 19.9 Å². The Morgan fingerprint density at radius 2 is 1.68 bits per heavy atom. The molecule has 3 heterocycles. The summed E-state index contributed by atoms with van der Waals surface area (Å²) in [4.78, 5) is 19.1. The van der Waals surface area contributed by atoms with Crippen molar-refractivity contribution in [2.24, 2.45) is 0 Å². The fourth-order valence-electron chi connectivity index (χ4n) is 3.95. The third-order valence-corrected chi connectivity index (χ3v) is 5.56. The van der Waals surface area contributed by atoms with Gasteiger partial charge in [0.2, 0.25) is 0 Å². The first kappa shape index (κ1) is 17.2. The zero-order chi connectivity index (χ0) is 19.1. The van der Waals surface area contributed by atoms with Crippen molar-refractivity contribution in [2.75, 3.05) is 18.0 Å². The van der Waals surface area contributed by atoms with Crippen LogP contribution in [0.4, 0.5) is 10.1 Å². The van der Waals surface area contributed by atoms with Crippen molar-refractivity contribution in [3.05, 3.63) is 66.0 Å². The van der Waals surface area contributed by atoms with E-state index in [1.807, 2.05) is 29.4 Å². The Morgan fingerprint density at radius 1 is 0.964 bits per heavy atom. The summed E-state index contributed by atoms with van der Waals surface area (Å²) in [6.07, 6.45) is 8.32. The summed E-state index contributed by atoms with van der Waals surface area (Å²) in [7, 11) is 0. The average molecular weight is 377 g/mol. The maximum Gasteiger partial charge on any atom is 0.197 e. The second-order valence-electron chi connectivity index (χ2n) is 7.46. The predicted octanol–water partition coefficient (Wildman–Crippen LogP) is 2.91. The Hall–Kier alpha value is -2.93. The normalized spacial score (nSPS) is 23.8. The molecule has 0 bridgehead atoms. The lowest BCUT2D eigenvalue weighted by molar-refractivity contribution is 0.198. The first-order chi connectivity index (χ1) is 13.7. The van der Waals surface area contributed by atoms with E-state index >= 15 is 0 Å². The molecule has 0 radical (unpaired) electrons. The Balaban J connectivity index is 1.33. The van der Waals surface area contributed by atoms with Gasteiger partial charge in [-0.25, -0.2) is 24.3 Å². The molecule has 3 aromatic rings. The van der Waals surface area contributed by atoms with E-state index in [9.17, 15) is 9.50 Å². The van der Waals surface area contributed by atoms with Gasteiger partial charge in [-0.05, 0) is 54.0 Å². The van der Waals surface area contributed by atoms with Gasteiger partial charge in [0.1, 0.15) is 5.82 Å². The number of hydrogen-bond donors (Lipinski definition) is 1. The Bertz CT molecular complexity index is 982. The maximum absolute atomic E-state index is 14.3. The Morgan fingerprint density at radius 3 is 2.39 bits per heavy atom. The number of aliphatic hydroxyl groups is 1. The van der Waals surface area contributed by atoms with E-state index in [1.165, 1.54) is 6.07 Å². The number of halogens is 1. The summed E-state index contributed by atoms with van der Waals surface area (Å²) in [5.74, 6) is 1.48. The third-order valence-electron chi connectivity index (χ3n) is 5.56. The number of hydrogen-bond acceptors (Lipinski definition) is 6. The molecule has 1 saturated carbocycles. The molecule has 1 aromatic carbocycles. The lowest BCUT2D eigenvalue weighted by Crippen LogP contribution is -2.22. The Labute approximate surface area is 162 Å². The zero-order valence-electron chi connectivity index (χ0n) is 15.2. The van der Waals surface area contributed by atoms with Gasteiger partial charge >= 0.3 is 0 Å². The number of rotatable bonds is 4. The fraction of sp³-hybridized carbons (Fsp3) is 0.333. The van der Waals surface area contributed by atoms with Crippen molar-refractivity contribution in [3.8, 4) is 11.6 Å². The highest BCUT2D eigenvalue weighted by molar-refractivity contribution is 5.53. The molecule has 1 aliphatic heterocycles. The van der Waals surface area contributed by atoms with Crippen molar-refractivity contribution >= 4 is 5.69 Å². The molecule has 6 nitrogen and oxygen atoms in total. The summed E-state index contributed by atoms with van der Waals surface area (Å²) in [5.41, 5.74) is 2.79. The topological polar surface area (TPSA) is 75.0 Å². The molecular weight excluding hydrogens is 357 g/mol. The van der Waals surface area contributed by atoms with Crippen molar-refractivity contribution in [2.45, 2.75) is 30.8 Å². The van der Waals surface area contributed by atoms with Gasteiger partial charge in [-0.1, -0.05) is 6.07 Å². The molecule has 1 aliphatic carbocycles. The molecule has 0 amide bonds. The van der Waals surface area contributed by atoms with Crippen molar-refractivity contribution < 1.29 is 9.50 Å². The third kappa shape index (κ3) is 3.22. The monoisotopic (exact) mass is 377 g/mol. The van der Waals surface area contributed by atoms with Crippen LogP contribution in [0.2, 0.25) is 0 Å². The van der Waals surface area contributed by atoms with E-state index in [4.69, 9.17) is 0 Å². The minimum absolute atomic E-state index is 0.231. The van der Waals surface area contributed by atoms with Gasteiger partial charge < -0.3 is 10.0 Å². The number of aliphatic hydroxyl groups excluding tert-OH is 1. The van der Waals surface area contributed by atoms with Gasteiger partial charge in [0.15, 0.2) is 11.6 Å². The standard InChI is InChI=1S/C21H20FN5O/c22-18-3-2-13(8-19(18)27-7-4-15(28)12-27)16-9-17(16)14-10-25-21(26-11-14)20-23-5-1-6-24-20/h1-3,5-6,8,10-11,15-17,28H,4,7,9,12H2/t15-,16?,17?/m1/s1. The van der Waals surface area contributed by atoms with Gasteiger partial charge in [-0.2, -0.15) is 0 Å². The maximum atomic E-state index is 14.3. The van der Waals surface area contributed by atoms with Crippen molar-refractivity contribution in [1.82, 2.24) is 19.9 Å². The summed E-state index contributed by atoms with van der Waals surface area (Å²) in [6, 6.07) is 7.09. The van der Waals surface area contributed by atoms with Crippen LogP contribution in [0.15, 0.2) is 49.1 Å². The molecule has 1 saturated heterocycles. The highest BCUT2D eigenvalue weighted by Gasteiger charge is 2.40. The van der Waals surface area contributed by atoms with Crippen LogP contribution >= 0.6 is 0 Å². The van der Waals surface area contributed by atoms with Crippen LogP contribution in [-0.4, -0.2) is 44.2 Å². The lowest BCUT2D eigenvalue weighted by Gasteiger charge is -2.19. The summed E-state index contributed by atoms with van der Waals surface area (Å²) < 4.78 is 14.3. The second kappa shape index (κ2) is 6.91. The molecular formula is C21H20FN5O. The summed E-state index contributed by atoms with van der Waals surface area (Å²) >= 11 is 0. The highest BCUT2D eigenvalue weighted by Crippen LogP contribution is 2.55. The van der Waals surface area contributed by atoms with Crippen LogP contribution in [0.25, 0.3) is 11.6 Å². The molecule has 7 heteroatoms. The predicted molar refractivity (Wildman–Crippen MR) is 102 cm³/mol. The summed E-state index contributed by atoms with van der Waals surface area (Å²) in [6.45, 7) is 1.18. The highest BCUT2D eigenvalue weighted by atomic mass is 19.1. The molecule has 1 N–H and O–H groups in total. The van der Waals surface area contributed by atoms with Crippen molar-refractivity contribution in [1.29, 1.82) is 0 Å². The minimum Gasteiger partial charge on any atom is -0.391 e. The molecule has 142 valence electrons. The van der Waals surface area contributed by atoms with E-state index in [0.29, 0.717) is 48.7 Å². The molecule has 3 atom stereocenters. The van der Waals surface area contributed by atoms with Gasteiger partial charge in [0.05, 0.1) is 11.8 Å². The largest absolute Gasteiger partial charge is 0.391 e. The Kier molecular flexibility index (Phi) is 4.24. The van der Waals surface area contributed by atoms with Gasteiger partial charge in [0, 0.05) is 37.9 Å². The molecule has 28 heavy (non-hydrogen) atoms. The molecule has 2 fully saturated rings. The first-order valence-corrected chi connectivity index (χ1v) is 9.51. The van der Waals surface area contributed by atoms with Crippen LogP contribution in [0.3, 0.4) is 0 Å².